The Bertz CT molecular complexity index is 1280. The average Bonchev–Trinajstić information content (AvgIpc) is 3.45. The number of aromatic nitrogens is 4. The maximum atomic E-state index is 13.5. The summed E-state index contributed by atoms with van der Waals surface area (Å²) in [6.07, 6.45) is 7.28. The molecule has 0 bridgehead atoms. The van der Waals surface area contributed by atoms with Crippen molar-refractivity contribution >= 4 is 10.0 Å². The van der Waals surface area contributed by atoms with Gasteiger partial charge in [0.05, 0.1) is 16.8 Å². The fourth-order valence-corrected chi connectivity index (χ4v) is 5.44. The van der Waals surface area contributed by atoms with E-state index < -0.39 is 10.0 Å². The van der Waals surface area contributed by atoms with Crippen LogP contribution in [0.15, 0.2) is 84.3 Å². The van der Waals surface area contributed by atoms with Gasteiger partial charge in [0.2, 0.25) is 10.0 Å². The number of rotatable bonds is 4. The molecule has 2 aromatic heterocycles. The standard InChI is InChI=1S/C22H21N5O2S/c1-25-14-18(13-24-25)22-16-26(15-17-5-2-3-6-21(17)22)30(28,29)20-9-7-19(8-10-20)27-12-4-11-23-27/h2-14,22H,15-16H2,1H3/t22-/m1/s1. The molecule has 0 radical (unpaired) electrons. The zero-order valence-corrected chi connectivity index (χ0v) is 17.3. The topological polar surface area (TPSA) is 73.0 Å². The molecule has 0 unspecified atom stereocenters. The van der Waals surface area contributed by atoms with E-state index >= 15 is 0 Å². The van der Waals surface area contributed by atoms with Crippen molar-refractivity contribution in [2.45, 2.75) is 17.4 Å². The second-order valence-corrected chi connectivity index (χ2v) is 9.38. The molecule has 0 fully saturated rings. The molecular formula is C22H21N5O2S. The number of nitrogens with zero attached hydrogens (tertiary/aromatic N) is 5. The van der Waals surface area contributed by atoms with E-state index in [1.165, 1.54) is 0 Å². The summed E-state index contributed by atoms with van der Waals surface area (Å²) in [5.41, 5.74) is 4.01. The Labute approximate surface area is 175 Å². The van der Waals surface area contributed by atoms with Crippen molar-refractivity contribution in [1.29, 1.82) is 0 Å². The number of hydrogen-bond donors (Lipinski definition) is 0. The molecule has 0 spiro atoms. The Balaban J connectivity index is 1.50. The zero-order valence-electron chi connectivity index (χ0n) is 16.5. The molecule has 4 aromatic rings. The van der Waals surface area contributed by atoms with Crippen LogP contribution in [0.3, 0.4) is 0 Å². The normalized spacial score (nSPS) is 17.0. The van der Waals surface area contributed by atoms with Crippen LogP contribution in [-0.4, -0.2) is 38.8 Å². The third kappa shape index (κ3) is 3.24. The zero-order chi connectivity index (χ0) is 20.7. The highest BCUT2D eigenvalue weighted by atomic mass is 32.2. The summed E-state index contributed by atoms with van der Waals surface area (Å²) in [5.74, 6) is -0.0539. The summed E-state index contributed by atoms with van der Waals surface area (Å²) in [6.45, 7) is 0.738. The number of sulfonamides is 1. The van der Waals surface area contributed by atoms with Gasteiger partial charge in [0, 0.05) is 44.6 Å². The number of hydrogen-bond acceptors (Lipinski definition) is 4. The summed E-state index contributed by atoms with van der Waals surface area (Å²) < 4.78 is 31.9. The van der Waals surface area contributed by atoms with Crippen molar-refractivity contribution in [3.63, 3.8) is 0 Å². The van der Waals surface area contributed by atoms with E-state index in [2.05, 4.69) is 16.3 Å². The van der Waals surface area contributed by atoms with Gasteiger partial charge in [-0.1, -0.05) is 24.3 Å². The van der Waals surface area contributed by atoms with Gasteiger partial charge in [0.1, 0.15) is 0 Å². The van der Waals surface area contributed by atoms with Gasteiger partial charge in [-0.2, -0.15) is 14.5 Å². The van der Waals surface area contributed by atoms with Crippen molar-refractivity contribution in [3.8, 4) is 5.69 Å². The molecule has 30 heavy (non-hydrogen) atoms. The van der Waals surface area contributed by atoms with Crippen molar-refractivity contribution in [2.75, 3.05) is 6.54 Å². The number of aryl methyl sites for hydroxylation is 1. The maximum absolute atomic E-state index is 13.5. The molecular weight excluding hydrogens is 398 g/mol. The second kappa shape index (κ2) is 7.23. The summed E-state index contributed by atoms with van der Waals surface area (Å²) in [7, 11) is -1.78. The minimum Gasteiger partial charge on any atom is -0.276 e. The highest BCUT2D eigenvalue weighted by Gasteiger charge is 2.34. The summed E-state index contributed by atoms with van der Waals surface area (Å²) in [6, 6.07) is 16.7. The Morgan fingerprint density at radius 2 is 1.80 bits per heavy atom. The van der Waals surface area contributed by atoms with E-state index in [4.69, 9.17) is 0 Å². The minimum absolute atomic E-state index is 0.0539. The molecule has 0 aliphatic carbocycles. The molecule has 8 heteroatoms. The SMILES string of the molecule is Cn1cc([C@H]2CN(S(=O)(=O)c3ccc(-n4cccn4)cc3)Cc3ccccc32)cn1. The highest BCUT2D eigenvalue weighted by Crippen LogP contribution is 2.35. The Hall–Kier alpha value is -3.23. The van der Waals surface area contributed by atoms with E-state index in [1.807, 2.05) is 49.9 Å². The molecule has 0 saturated carbocycles. The van der Waals surface area contributed by atoms with E-state index in [0.717, 1.165) is 22.4 Å². The van der Waals surface area contributed by atoms with Crippen LogP contribution >= 0.6 is 0 Å². The molecule has 1 aliphatic heterocycles. The van der Waals surface area contributed by atoms with Crippen LogP contribution in [0.25, 0.3) is 5.69 Å². The predicted octanol–water partition coefficient (Wildman–Crippen LogP) is 2.94. The molecule has 0 amide bonds. The first-order valence-corrected chi connectivity index (χ1v) is 11.1. The molecule has 1 aliphatic rings. The van der Waals surface area contributed by atoms with Gasteiger partial charge < -0.3 is 0 Å². The van der Waals surface area contributed by atoms with Gasteiger partial charge >= 0.3 is 0 Å². The molecule has 1 atom stereocenters. The van der Waals surface area contributed by atoms with Crippen LogP contribution in [0.1, 0.15) is 22.6 Å². The fourth-order valence-electron chi connectivity index (χ4n) is 4.00. The first kappa shape index (κ1) is 18.8. The Kier molecular flexibility index (Phi) is 4.52. The van der Waals surface area contributed by atoms with E-state index in [1.54, 1.807) is 44.1 Å². The predicted molar refractivity (Wildman–Crippen MR) is 113 cm³/mol. The molecule has 3 heterocycles. The summed E-state index contributed by atoms with van der Waals surface area (Å²) in [5, 5.41) is 8.47. The maximum Gasteiger partial charge on any atom is 0.243 e. The first-order valence-electron chi connectivity index (χ1n) is 9.69. The van der Waals surface area contributed by atoms with Crippen molar-refractivity contribution < 1.29 is 8.42 Å². The van der Waals surface area contributed by atoms with Crippen molar-refractivity contribution in [3.05, 3.63) is 96.1 Å². The quantitative estimate of drug-likeness (QED) is 0.510. The largest absolute Gasteiger partial charge is 0.276 e. The van der Waals surface area contributed by atoms with Crippen LogP contribution in [0, 0.1) is 0 Å². The van der Waals surface area contributed by atoms with Gasteiger partial charge in [-0.3, -0.25) is 4.68 Å². The lowest BCUT2D eigenvalue weighted by Gasteiger charge is -2.33. The average molecular weight is 420 g/mol. The van der Waals surface area contributed by atoms with Gasteiger partial charge in [-0.15, -0.1) is 0 Å². The Morgan fingerprint density at radius 3 is 2.50 bits per heavy atom. The van der Waals surface area contributed by atoms with Crippen molar-refractivity contribution in [2.24, 2.45) is 7.05 Å². The van der Waals surface area contributed by atoms with E-state index in [-0.39, 0.29) is 10.8 Å². The molecule has 2 aromatic carbocycles. The lowest BCUT2D eigenvalue weighted by molar-refractivity contribution is 0.371. The third-order valence-electron chi connectivity index (χ3n) is 5.53. The molecule has 152 valence electrons. The lowest BCUT2D eigenvalue weighted by atomic mass is 9.87. The van der Waals surface area contributed by atoms with Crippen LogP contribution in [0.2, 0.25) is 0 Å². The second-order valence-electron chi connectivity index (χ2n) is 7.44. The summed E-state index contributed by atoms with van der Waals surface area (Å²) in [4.78, 5) is 0.280. The molecule has 0 saturated heterocycles. The lowest BCUT2D eigenvalue weighted by Crippen LogP contribution is -2.38. The van der Waals surface area contributed by atoms with E-state index in [0.29, 0.717) is 13.1 Å². The smallest absolute Gasteiger partial charge is 0.243 e. The first-order chi connectivity index (χ1) is 14.5. The van der Waals surface area contributed by atoms with Gasteiger partial charge in [0.15, 0.2) is 0 Å². The van der Waals surface area contributed by atoms with E-state index in [9.17, 15) is 8.42 Å². The van der Waals surface area contributed by atoms with Crippen LogP contribution in [-0.2, 0) is 23.6 Å². The third-order valence-corrected chi connectivity index (χ3v) is 7.36. The fraction of sp³-hybridized carbons (Fsp3) is 0.182. The molecule has 7 nitrogen and oxygen atoms in total. The number of fused-ring (bicyclic) bond motifs is 1. The monoisotopic (exact) mass is 419 g/mol. The summed E-state index contributed by atoms with van der Waals surface area (Å²) >= 11 is 0. The molecule has 0 N–H and O–H groups in total. The highest BCUT2D eigenvalue weighted by molar-refractivity contribution is 7.89. The Morgan fingerprint density at radius 1 is 1.00 bits per heavy atom. The van der Waals surface area contributed by atoms with Crippen LogP contribution in [0.5, 0.6) is 0 Å². The van der Waals surface area contributed by atoms with Gasteiger partial charge in [0.25, 0.3) is 0 Å². The molecule has 5 rings (SSSR count). The van der Waals surface area contributed by atoms with Gasteiger partial charge in [-0.25, -0.2) is 13.1 Å². The van der Waals surface area contributed by atoms with Gasteiger partial charge in [-0.05, 0) is 47.0 Å². The van der Waals surface area contributed by atoms with Crippen LogP contribution < -0.4 is 0 Å². The van der Waals surface area contributed by atoms with Crippen LogP contribution in [0.4, 0.5) is 0 Å². The van der Waals surface area contributed by atoms with Crippen molar-refractivity contribution in [1.82, 2.24) is 23.9 Å². The minimum atomic E-state index is -3.65. The number of benzene rings is 2.